The smallest absolute Gasteiger partial charge is 0.273 e. The Kier molecular flexibility index (Phi) is 3.04. The maximum Gasteiger partial charge on any atom is 0.273 e. The molecule has 5 nitrogen and oxygen atoms in total. The molecule has 3 aromatic rings. The van der Waals surface area contributed by atoms with E-state index in [4.69, 9.17) is 17.3 Å². The second-order valence-corrected chi connectivity index (χ2v) is 4.78. The Balaban J connectivity index is 1.86. The summed E-state index contributed by atoms with van der Waals surface area (Å²) in [7, 11) is 0. The SMILES string of the molecule is Nc1ccc2[nH]c(C(=O)Nc3ccc(Cl)cn3)cc2c1. The first-order valence-corrected chi connectivity index (χ1v) is 6.31. The molecule has 20 heavy (non-hydrogen) atoms. The molecular weight excluding hydrogens is 276 g/mol. The number of benzene rings is 1. The fourth-order valence-corrected chi connectivity index (χ4v) is 2.02. The molecule has 0 saturated heterocycles. The van der Waals surface area contributed by atoms with Gasteiger partial charge in [-0.05, 0) is 36.4 Å². The zero-order valence-electron chi connectivity index (χ0n) is 10.4. The summed E-state index contributed by atoms with van der Waals surface area (Å²) in [6.07, 6.45) is 1.48. The number of H-pyrrole nitrogens is 1. The fraction of sp³-hybridized carbons (Fsp3) is 0. The Bertz CT molecular complexity index is 779. The normalized spacial score (nSPS) is 10.7. The molecule has 2 aromatic heterocycles. The van der Waals surface area contributed by atoms with Gasteiger partial charge >= 0.3 is 0 Å². The average Bonchev–Trinajstić information content (AvgIpc) is 2.84. The molecule has 4 N–H and O–H groups in total. The van der Waals surface area contributed by atoms with Crippen molar-refractivity contribution in [1.29, 1.82) is 0 Å². The van der Waals surface area contributed by atoms with Gasteiger partial charge in [0.05, 0.1) is 5.02 Å². The minimum absolute atomic E-state index is 0.269. The van der Waals surface area contributed by atoms with Crippen molar-refractivity contribution in [3.05, 3.63) is 53.3 Å². The third-order valence-corrected chi connectivity index (χ3v) is 3.08. The van der Waals surface area contributed by atoms with E-state index in [0.717, 1.165) is 10.9 Å². The molecule has 0 aliphatic rings. The molecule has 0 atom stereocenters. The molecule has 0 radical (unpaired) electrons. The van der Waals surface area contributed by atoms with Gasteiger partial charge in [0.25, 0.3) is 5.91 Å². The summed E-state index contributed by atoms with van der Waals surface area (Å²) in [5.74, 6) is 0.173. The van der Waals surface area contributed by atoms with Crippen LogP contribution >= 0.6 is 11.6 Å². The van der Waals surface area contributed by atoms with Crippen molar-refractivity contribution < 1.29 is 4.79 Å². The number of nitrogens with zero attached hydrogens (tertiary/aromatic N) is 1. The monoisotopic (exact) mass is 286 g/mol. The quantitative estimate of drug-likeness (QED) is 0.633. The Morgan fingerprint density at radius 2 is 2.10 bits per heavy atom. The number of aromatic amines is 1. The van der Waals surface area contributed by atoms with Crippen LogP contribution in [0.5, 0.6) is 0 Å². The van der Waals surface area contributed by atoms with Gasteiger partial charge in [-0.2, -0.15) is 0 Å². The summed E-state index contributed by atoms with van der Waals surface area (Å²) in [5.41, 5.74) is 7.67. The van der Waals surface area contributed by atoms with Crippen molar-refractivity contribution in [2.75, 3.05) is 11.1 Å². The second-order valence-electron chi connectivity index (χ2n) is 4.35. The van der Waals surface area contributed by atoms with Crippen molar-refractivity contribution in [3.63, 3.8) is 0 Å². The average molecular weight is 287 g/mol. The molecule has 2 heterocycles. The minimum atomic E-state index is -0.269. The summed E-state index contributed by atoms with van der Waals surface area (Å²) < 4.78 is 0. The Hall–Kier alpha value is -2.53. The molecule has 6 heteroatoms. The highest BCUT2D eigenvalue weighted by Gasteiger charge is 2.10. The summed E-state index contributed by atoms with van der Waals surface area (Å²) in [6.45, 7) is 0. The number of fused-ring (bicyclic) bond motifs is 1. The number of anilines is 2. The number of rotatable bonds is 2. The maximum atomic E-state index is 12.1. The number of aromatic nitrogens is 2. The van der Waals surface area contributed by atoms with Gasteiger partial charge in [0.2, 0.25) is 0 Å². The van der Waals surface area contributed by atoms with Crippen molar-refractivity contribution in [2.24, 2.45) is 0 Å². The first-order chi connectivity index (χ1) is 9.61. The van der Waals surface area contributed by atoms with E-state index in [9.17, 15) is 4.79 Å². The molecule has 0 unspecified atom stereocenters. The largest absolute Gasteiger partial charge is 0.399 e. The molecule has 1 amide bonds. The molecule has 0 fully saturated rings. The molecule has 3 rings (SSSR count). The van der Waals surface area contributed by atoms with Crippen molar-refractivity contribution >= 4 is 39.9 Å². The van der Waals surface area contributed by atoms with Crippen LogP contribution in [0.4, 0.5) is 11.5 Å². The lowest BCUT2D eigenvalue weighted by molar-refractivity contribution is 0.102. The van der Waals surface area contributed by atoms with Crippen LogP contribution in [-0.2, 0) is 0 Å². The predicted octanol–water partition coefficient (Wildman–Crippen LogP) is 3.05. The van der Waals surface area contributed by atoms with Crippen molar-refractivity contribution in [1.82, 2.24) is 9.97 Å². The van der Waals surface area contributed by atoms with Crippen LogP contribution in [0.15, 0.2) is 42.6 Å². The summed E-state index contributed by atoms with van der Waals surface area (Å²) in [4.78, 5) is 19.2. The number of pyridine rings is 1. The summed E-state index contributed by atoms with van der Waals surface area (Å²) in [5, 5.41) is 4.10. The first-order valence-electron chi connectivity index (χ1n) is 5.93. The number of nitrogens with one attached hydrogen (secondary N) is 2. The zero-order chi connectivity index (χ0) is 14.1. The van der Waals surface area contributed by atoms with Crippen LogP contribution in [0, 0.1) is 0 Å². The number of hydrogen-bond acceptors (Lipinski definition) is 3. The number of amides is 1. The first kappa shape index (κ1) is 12.5. The van der Waals surface area contributed by atoms with E-state index in [2.05, 4.69) is 15.3 Å². The van der Waals surface area contributed by atoms with Crippen LogP contribution in [-0.4, -0.2) is 15.9 Å². The Morgan fingerprint density at radius 3 is 2.85 bits per heavy atom. The number of carbonyl (C=O) groups is 1. The van der Waals surface area contributed by atoms with Crippen LogP contribution in [0.25, 0.3) is 10.9 Å². The topological polar surface area (TPSA) is 83.8 Å². The third-order valence-electron chi connectivity index (χ3n) is 2.86. The fourth-order valence-electron chi connectivity index (χ4n) is 1.91. The van der Waals surface area contributed by atoms with Crippen LogP contribution < -0.4 is 11.1 Å². The van der Waals surface area contributed by atoms with Crippen molar-refractivity contribution in [2.45, 2.75) is 0 Å². The van der Waals surface area contributed by atoms with Gasteiger partial charge in [-0.1, -0.05) is 11.6 Å². The van der Waals surface area contributed by atoms with Gasteiger partial charge in [0, 0.05) is 22.8 Å². The number of carbonyl (C=O) groups excluding carboxylic acids is 1. The Labute approximate surface area is 119 Å². The zero-order valence-corrected chi connectivity index (χ0v) is 11.1. The molecule has 0 bridgehead atoms. The van der Waals surface area contributed by atoms with E-state index in [1.54, 1.807) is 24.3 Å². The number of halogens is 1. The van der Waals surface area contributed by atoms with Gasteiger partial charge in [0.15, 0.2) is 0 Å². The third kappa shape index (κ3) is 2.44. The van der Waals surface area contributed by atoms with E-state index in [1.807, 2.05) is 12.1 Å². The molecule has 0 saturated carbocycles. The molecule has 0 aliphatic carbocycles. The number of nitrogen functional groups attached to an aromatic ring is 1. The van der Waals surface area contributed by atoms with E-state index >= 15 is 0 Å². The van der Waals surface area contributed by atoms with Crippen molar-refractivity contribution in [3.8, 4) is 0 Å². The predicted molar refractivity (Wildman–Crippen MR) is 79.9 cm³/mol. The standard InChI is InChI=1S/C14H11ClN4O/c15-9-1-4-13(17-7-9)19-14(20)12-6-8-5-10(16)2-3-11(8)18-12/h1-7,18H,16H2,(H,17,19,20). The molecule has 0 aliphatic heterocycles. The lowest BCUT2D eigenvalue weighted by Gasteiger charge is -2.02. The van der Waals surface area contributed by atoms with E-state index < -0.39 is 0 Å². The van der Waals surface area contributed by atoms with Gasteiger partial charge in [0.1, 0.15) is 11.5 Å². The summed E-state index contributed by atoms with van der Waals surface area (Å²) >= 11 is 5.74. The van der Waals surface area contributed by atoms with Gasteiger partial charge in [-0.25, -0.2) is 4.98 Å². The van der Waals surface area contributed by atoms with Gasteiger partial charge in [-0.3, -0.25) is 4.79 Å². The van der Waals surface area contributed by atoms with E-state index in [-0.39, 0.29) is 5.91 Å². The molecule has 100 valence electrons. The van der Waals surface area contributed by atoms with Gasteiger partial charge in [-0.15, -0.1) is 0 Å². The Morgan fingerprint density at radius 1 is 1.25 bits per heavy atom. The van der Waals surface area contributed by atoms with Gasteiger partial charge < -0.3 is 16.0 Å². The van der Waals surface area contributed by atoms with Crippen LogP contribution in [0.3, 0.4) is 0 Å². The highest BCUT2D eigenvalue weighted by Crippen LogP contribution is 2.19. The summed E-state index contributed by atoms with van der Waals surface area (Å²) in [6, 6.07) is 10.5. The number of nitrogens with two attached hydrogens (primary N) is 1. The molecule has 0 spiro atoms. The highest BCUT2D eigenvalue weighted by atomic mass is 35.5. The van der Waals surface area contributed by atoms with Crippen LogP contribution in [0.1, 0.15) is 10.5 Å². The van der Waals surface area contributed by atoms with Crippen LogP contribution in [0.2, 0.25) is 5.02 Å². The minimum Gasteiger partial charge on any atom is -0.399 e. The molecule has 1 aromatic carbocycles. The maximum absolute atomic E-state index is 12.1. The number of hydrogen-bond donors (Lipinski definition) is 3. The lowest BCUT2D eigenvalue weighted by Crippen LogP contribution is -2.13. The van der Waals surface area contributed by atoms with E-state index in [1.165, 1.54) is 6.20 Å². The lowest BCUT2D eigenvalue weighted by atomic mass is 10.2. The van der Waals surface area contributed by atoms with E-state index in [0.29, 0.717) is 22.2 Å². The molecular formula is C14H11ClN4O. The second kappa shape index (κ2) is 4.86. The highest BCUT2D eigenvalue weighted by molar-refractivity contribution is 6.30.